The molecule has 0 spiro atoms. The number of halogens is 1. The Bertz CT molecular complexity index is 896. The number of ether oxygens (including phenoxy) is 1. The summed E-state index contributed by atoms with van der Waals surface area (Å²) in [6, 6.07) is 17.2. The molecule has 1 heterocycles. The highest BCUT2D eigenvalue weighted by Gasteiger charge is 2.07. The number of rotatable bonds is 7. The predicted octanol–water partition coefficient (Wildman–Crippen LogP) is 3.95. The summed E-state index contributed by atoms with van der Waals surface area (Å²) in [5.74, 6) is 0.251. The number of aromatic nitrogens is 1. The summed E-state index contributed by atoms with van der Waals surface area (Å²) in [6.45, 7) is 0.510. The number of nitrogens with zero attached hydrogens (tertiary/aromatic N) is 1. The molecule has 0 fully saturated rings. The fourth-order valence-corrected chi connectivity index (χ4v) is 2.54. The summed E-state index contributed by atoms with van der Waals surface area (Å²) < 4.78 is 18.3. The highest BCUT2D eigenvalue weighted by molar-refractivity contribution is 5.92. The van der Waals surface area contributed by atoms with Crippen LogP contribution in [0.5, 0.6) is 5.75 Å². The molecule has 0 atom stereocenters. The molecule has 0 aliphatic heterocycles. The summed E-state index contributed by atoms with van der Waals surface area (Å²) in [5.41, 5.74) is 2.73. The van der Waals surface area contributed by atoms with E-state index in [-0.39, 0.29) is 11.7 Å². The van der Waals surface area contributed by atoms with Crippen molar-refractivity contribution in [1.29, 1.82) is 0 Å². The molecular weight excluding hydrogens is 345 g/mol. The largest absolute Gasteiger partial charge is 0.497 e. The minimum absolute atomic E-state index is 0.235. The van der Waals surface area contributed by atoms with Crippen molar-refractivity contribution in [2.75, 3.05) is 19.0 Å². The van der Waals surface area contributed by atoms with Gasteiger partial charge in [0.1, 0.15) is 17.3 Å². The van der Waals surface area contributed by atoms with E-state index in [2.05, 4.69) is 15.6 Å². The molecule has 27 heavy (non-hydrogen) atoms. The van der Waals surface area contributed by atoms with Crippen LogP contribution in [-0.2, 0) is 6.42 Å². The normalized spacial score (nSPS) is 10.3. The molecule has 0 aliphatic carbocycles. The Balaban J connectivity index is 1.51. The Labute approximate surface area is 157 Å². The van der Waals surface area contributed by atoms with E-state index in [0.717, 1.165) is 17.7 Å². The van der Waals surface area contributed by atoms with Crippen molar-refractivity contribution < 1.29 is 13.9 Å². The molecule has 0 bridgehead atoms. The van der Waals surface area contributed by atoms with Gasteiger partial charge in [0, 0.05) is 12.2 Å². The van der Waals surface area contributed by atoms with Gasteiger partial charge >= 0.3 is 0 Å². The summed E-state index contributed by atoms with van der Waals surface area (Å²) in [7, 11) is 1.63. The topological polar surface area (TPSA) is 63.2 Å². The van der Waals surface area contributed by atoms with Crippen molar-refractivity contribution in [2.45, 2.75) is 6.42 Å². The van der Waals surface area contributed by atoms with Gasteiger partial charge in [-0.15, -0.1) is 0 Å². The van der Waals surface area contributed by atoms with E-state index >= 15 is 0 Å². The van der Waals surface area contributed by atoms with Crippen molar-refractivity contribution in [3.05, 3.63) is 83.9 Å². The summed E-state index contributed by atoms with van der Waals surface area (Å²) in [6.07, 6.45) is 2.26. The number of nitrogens with one attached hydrogen (secondary N) is 2. The van der Waals surface area contributed by atoms with Gasteiger partial charge in [0.2, 0.25) is 0 Å². The zero-order valence-electron chi connectivity index (χ0n) is 14.9. The Morgan fingerprint density at radius 1 is 1.07 bits per heavy atom. The highest BCUT2D eigenvalue weighted by atomic mass is 19.1. The molecule has 2 N–H and O–H groups in total. The second kappa shape index (κ2) is 8.80. The van der Waals surface area contributed by atoms with Gasteiger partial charge in [-0.1, -0.05) is 18.2 Å². The third kappa shape index (κ3) is 5.28. The molecule has 6 heteroatoms. The summed E-state index contributed by atoms with van der Waals surface area (Å²) in [4.78, 5) is 16.3. The van der Waals surface area contributed by atoms with Crippen molar-refractivity contribution in [2.24, 2.45) is 0 Å². The number of hydrogen-bond acceptors (Lipinski definition) is 4. The number of benzene rings is 2. The summed E-state index contributed by atoms with van der Waals surface area (Å²) >= 11 is 0. The predicted molar refractivity (Wildman–Crippen MR) is 103 cm³/mol. The van der Waals surface area contributed by atoms with Crippen molar-refractivity contribution in [1.82, 2.24) is 10.3 Å². The zero-order valence-corrected chi connectivity index (χ0v) is 14.9. The second-order valence-electron chi connectivity index (χ2n) is 5.92. The number of carbonyl (C=O) groups is 1. The molecule has 0 saturated carbocycles. The Hall–Kier alpha value is -3.41. The number of methoxy groups -OCH3 is 1. The van der Waals surface area contributed by atoms with Gasteiger partial charge in [0.15, 0.2) is 0 Å². The first-order chi connectivity index (χ1) is 13.1. The minimum Gasteiger partial charge on any atom is -0.497 e. The number of carbonyl (C=O) groups excluding carboxylic acids is 1. The van der Waals surface area contributed by atoms with E-state index in [9.17, 15) is 9.18 Å². The maximum Gasteiger partial charge on any atom is 0.269 e. The first-order valence-electron chi connectivity index (χ1n) is 8.54. The Morgan fingerprint density at radius 3 is 2.56 bits per heavy atom. The van der Waals surface area contributed by atoms with E-state index in [4.69, 9.17) is 4.74 Å². The molecule has 0 radical (unpaired) electrons. The fourth-order valence-electron chi connectivity index (χ4n) is 2.54. The van der Waals surface area contributed by atoms with Crippen LogP contribution in [0.25, 0.3) is 0 Å². The molecular formula is C21H20FN3O2. The van der Waals surface area contributed by atoms with E-state index < -0.39 is 0 Å². The third-order valence-corrected chi connectivity index (χ3v) is 3.97. The third-order valence-electron chi connectivity index (χ3n) is 3.97. The van der Waals surface area contributed by atoms with Gasteiger partial charge in [-0.3, -0.25) is 4.79 Å². The van der Waals surface area contributed by atoms with E-state index in [1.807, 2.05) is 24.3 Å². The lowest BCUT2D eigenvalue weighted by Crippen LogP contribution is -2.26. The highest BCUT2D eigenvalue weighted by Crippen LogP contribution is 2.16. The molecule has 5 nitrogen and oxygen atoms in total. The van der Waals surface area contributed by atoms with Gasteiger partial charge in [-0.2, -0.15) is 0 Å². The van der Waals surface area contributed by atoms with Gasteiger partial charge in [0.25, 0.3) is 5.91 Å². The van der Waals surface area contributed by atoms with Crippen LogP contribution in [0, 0.1) is 5.82 Å². The molecule has 1 aromatic heterocycles. The number of hydrogen-bond donors (Lipinski definition) is 2. The Morgan fingerprint density at radius 2 is 1.89 bits per heavy atom. The van der Waals surface area contributed by atoms with Crippen molar-refractivity contribution in [3.8, 4) is 5.75 Å². The Kier molecular flexibility index (Phi) is 5.99. The monoisotopic (exact) mass is 365 g/mol. The maximum atomic E-state index is 13.2. The zero-order chi connectivity index (χ0) is 19.1. The molecule has 2 aromatic carbocycles. The molecule has 3 rings (SSSR count). The second-order valence-corrected chi connectivity index (χ2v) is 5.92. The summed E-state index contributed by atoms with van der Waals surface area (Å²) in [5, 5.41) is 5.89. The van der Waals surface area contributed by atoms with Crippen LogP contribution in [-0.4, -0.2) is 24.5 Å². The maximum absolute atomic E-state index is 13.2. The molecule has 0 aliphatic rings. The fraction of sp³-hybridized carbons (Fsp3) is 0.143. The average Bonchev–Trinajstić information content (AvgIpc) is 2.69. The molecule has 1 amide bonds. The quantitative estimate of drug-likeness (QED) is 0.666. The SMILES string of the molecule is COc1ccc(CCNC(=O)c2ccc(Nc3cccc(F)c3)cn2)cc1. The number of anilines is 2. The van der Waals surface area contributed by atoms with Crippen LogP contribution in [0.2, 0.25) is 0 Å². The number of amides is 1. The first kappa shape index (κ1) is 18.4. The lowest BCUT2D eigenvalue weighted by molar-refractivity contribution is 0.0949. The van der Waals surface area contributed by atoms with Gasteiger partial charge in [-0.25, -0.2) is 9.37 Å². The smallest absolute Gasteiger partial charge is 0.269 e. The molecule has 0 unspecified atom stereocenters. The van der Waals surface area contributed by atoms with Crippen LogP contribution >= 0.6 is 0 Å². The lowest BCUT2D eigenvalue weighted by atomic mass is 10.1. The molecule has 0 saturated heterocycles. The van der Waals surface area contributed by atoms with Gasteiger partial charge < -0.3 is 15.4 Å². The van der Waals surface area contributed by atoms with E-state index in [0.29, 0.717) is 23.6 Å². The van der Waals surface area contributed by atoms with Gasteiger partial charge in [-0.05, 0) is 54.4 Å². The van der Waals surface area contributed by atoms with E-state index in [1.165, 1.54) is 12.1 Å². The van der Waals surface area contributed by atoms with Crippen molar-refractivity contribution in [3.63, 3.8) is 0 Å². The molecule has 138 valence electrons. The van der Waals surface area contributed by atoms with Crippen LogP contribution in [0.1, 0.15) is 16.1 Å². The van der Waals surface area contributed by atoms with E-state index in [1.54, 1.807) is 37.6 Å². The van der Waals surface area contributed by atoms with Crippen LogP contribution < -0.4 is 15.4 Å². The van der Waals surface area contributed by atoms with Crippen molar-refractivity contribution >= 4 is 17.3 Å². The van der Waals surface area contributed by atoms with Crippen LogP contribution in [0.15, 0.2) is 66.9 Å². The van der Waals surface area contributed by atoms with Gasteiger partial charge in [0.05, 0.1) is 19.0 Å². The average molecular weight is 365 g/mol. The standard InChI is InChI=1S/C21H20FN3O2/c1-27-19-8-5-15(6-9-19)11-12-23-21(26)20-10-7-18(14-24-20)25-17-4-2-3-16(22)13-17/h2-10,13-14,25H,11-12H2,1H3,(H,23,26). The lowest BCUT2D eigenvalue weighted by Gasteiger charge is -2.08. The van der Waals surface area contributed by atoms with Crippen LogP contribution in [0.4, 0.5) is 15.8 Å². The number of pyridine rings is 1. The van der Waals surface area contributed by atoms with Crippen LogP contribution in [0.3, 0.4) is 0 Å². The molecule has 3 aromatic rings. The first-order valence-corrected chi connectivity index (χ1v) is 8.54. The minimum atomic E-state index is -0.319.